The van der Waals surface area contributed by atoms with Crippen molar-refractivity contribution in [2.45, 2.75) is 62.9 Å². The summed E-state index contributed by atoms with van der Waals surface area (Å²) in [6.45, 7) is 1.14. The molecule has 0 aromatic heterocycles. The SMILES string of the molecule is O=C1CC[C@@H](O[C@H]2CCN(c3ccccc3)C2=O)C(=O)N1.O=C1CC[C@H](O[C@H]2CCN(c3ccccc3)C2=O)C(=O)N1. The summed E-state index contributed by atoms with van der Waals surface area (Å²) in [4.78, 5) is 73.6. The summed E-state index contributed by atoms with van der Waals surface area (Å²) in [5, 5.41) is 4.47. The molecule has 4 fully saturated rings. The molecular formula is C30H32N4O8. The lowest BCUT2D eigenvalue weighted by Gasteiger charge is -2.24. The quantitative estimate of drug-likeness (QED) is 0.488. The van der Waals surface area contributed by atoms with E-state index in [0.717, 1.165) is 11.4 Å². The normalized spacial score (nSPS) is 26.1. The molecule has 0 unspecified atom stereocenters. The van der Waals surface area contributed by atoms with E-state index in [1.165, 1.54) is 0 Å². The smallest absolute Gasteiger partial charge is 0.256 e. The van der Waals surface area contributed by atoms with Crippen LogP contribution >= 0.6 is 0 Å². The van der Waals surface area contributed by atoms with E-state index in [1.807, 2.05) is 60.7 Å². The van der Waals surface area contributed by atoms with E-state index < -0.39 is 36.2 Å². The molecule has 4 aliphatic rings. The van der Waals surface area contributed by atoms with Gasteiger partial charge in [-0.25, -0.2) is 0 Å². The van der Waals surface area contributed by atoms with Crippen LogP contribution in [0.5, 0.6) is 0 Å². The zero-order valence-corrected chi connectivity index (χ0v) is 22.9. The van der Waals surface area contributed by atoms with Gasteiger partial charge in [0.05, 0.1) is 0 Å². The molecule has 0 spiro atoms. The highest BCUT2D eigenvalue weighted by atomic mass is 16.5. The maximum Gasteiger partial charge on any atom is 0.256 e. The Morgan fingerprint density at radius 3 is 1.26 bits per heavy atom. The van der Waals surface area contributed by atoms with Crippen molar-refractivity contribution in [1.29, 1.82) is 0 Å². The van der Waals surface area contributed by atoms with Crippen molar-refractivity contribution in [3.63, 3.8) is 0 Å². The number of amides is 6. The van der Waals surface area contributed by atoms with Gasteiger partial charge in [-0.1, -0.05) is 36.4 Å². The highest BCUT2D eigenvalue weighted by Crippen LogP contribution is 2.26. The second-order valence-corrected chi connectivity index (χ2v) is 10.4. The third-order valence-corrected chi connectivity index (χ3v) is 7.48. The van der Waals surface area contributed by atoms with Gasteiger partial charge >= 0.3 is 0 Å². The van der Waals surface area contributed by atoms with Gasteiger partial charge in [-0.15, -0.1) is 0 Å². The van der Waals surface area contributed by atoms with Crippen molar-refractivity contribution >= 4 is 46.8 Å². The first-order valence-corrected chi connectivity index (χ1v) is 14.0. The van der Waals surface area contributed by atoms with Crippen LogP contribution in [0.25, 0.3) is 0 Å². The molecule has 2 aromatic carbocycles. The summed E-state index contributed by atoms with van der Waals surface area (Å²) >= 11 is 0. The number of hydrogen-bond acceptors (Lipinski definition) is 8. The van der Waals surface area contributed by atoms with Crippen molar-refractivity contribution in [2.75, 3.05) is 22.9 Å². The number of anilines is 2. The van der Waals surface area contributed by atoms with Gasteiger partial charge in [0.1, 0.15) is 24.4 Å². The van der Waals surface area contributed by atoms with E-state index in [-0.39, 0.29) is 36.5 Å². The lowest BCUT2D eigenvalue weighted by molar-refractivity contribution is -0.151. The number of nitrogens with one attached hydrogen (secondary N) is 2. The minimum Gasteiger partial charge on any atom is -0.355 e. The van der Waals surface area contributed by atoms with Gasteiger partial charge in [-0.05, 0) is 37.1 Å². The summed E-state index contributed by atoms with van der Waals surface area (Å²) in [5.74, 6) is -1.74. The van der Waals surface area contributed by atoms with Crippen LogP contribution in [0.4, 0.5) is 11.4 Å². The maximum absolute atomic E-state index is 12.4. The number of carbonyl (C=O) groups is 6. The third kappa shape index (κ3) is 6.72. The molecule has 12 heteroatoms. The Morgan fingerprint density at radius 2 is 0.905 bits per heavy atom. The summed E-state index contributed by atoms with van der Waals surface area (Å²) < 4.78 is 11.2. The minimum absolute atomic E-state index is 0.133. The summed E-state index contributed by atoms with van der Waals surface area (Å²) in [6, 6.07) is 18.7. The van der Waals surface area contributed by atoms with Crippen molar-refractivity contribution < 1.29 is 38.2 Å². The van der Waals surface area contributed by atoms with Crippen LogP contribution in [0.1, 0.15) is 38.5 Å². The van der Waals surface area contributed by atoms with Gasteiger partial charge in [0.2, 0.25) is 11.8 Å². The molecule has 4 heterocycles. The highest BCUT2D eigenvalue weighted by molar-refractivity contribution is 6.02. The second-order valence-electron chi connectivity index (χ2n) is 10.4. The van der Waals surface area contributed by atoms with Gasteiger partial charge in [0.15, 0.2) is 0 Å². The number of ether oxygens (including phenoxy) is 2. The van der Waals surface area contributed by atoms with Gasteiger partial charge in [0.25, 0.3) is 23.6 Å². The largest absolute Gasteiger partial charge is 0.355 e. The summed E-state index contributed by atoms with van der Waals surface area (Å²) in [7, 11) is 0. The fraction of sp³-hybridized carbons (Fsp3) is 0.400. The highest BCUT2D eigenvalue weighted by Gasteiger charge is 2.39. The number of carbonyl (C=O) groups excluding carboxylic acids is 6. The third-order valence-electron chi connectivity index (χ3n) is 7.48. The fourth-order valence-electron chi connectivity index (χ4n) is 5.29. The van der Waals surface area contributed by atoms with Gasteiger partial charge in [0, 0.05) is 50.1 Å². The number of nitrogens with zero attached hydrogens (tertiary/aromatic N) is 2. The fourth-order valence-corrected chi connectivity index (χ4v) is 5.29. The second kappa shape index (κ2) is 13.0. The van der Waals surface area contributed by atoms with Gasteiger partial charge < -0.3 is 19.3 Å². The number of rotatable bonds is 6. The molecule has 2 N–H and O–H groups in total. The molecule has 2 aromatic rings. The first-order valence-electron chi connectivity index (χ1n) is 14.0. The lowest BCUT2D eigenvalue weighted by atomic mass is 10.1. The number of hydrogen-bond donors (Lipinski definition) is 2. The average Bonchev–Trinajstić information content (AvgIpc) is 3.54. The van der Waals surface area contributed by atoms with Crippen molar-refractivity contribution in [1.82, 2.24) is 10.6 Å². The van der Waals surface area contributed by atoms with E-state index >= 15 is 0 Å². The van der Waals surface area contributed by atoms with Crippen LogP contribution < -0.4 is 20.4 Å². The predicted molar refractivity (Wildman–Crippen MR) is 149 cm³/mol. The van der Waals surface area contributed by atoms with E-state index in [2.05, 4.69) is 10.6 Å². The standard InChI is InChI=1S/2C15H16N2O4/c2*18-13-7-6-11(14(19)16-13)21-12-8-9-17(15(12)20)10-4-2-1-3-5-10/h2*1-5,11-12H,6-9H2,(H,16,18,19)/t11-,12+;11-,12-/m10/s1. The molecule has 4 saturated heterocycles. The first-order chi connectivity index (χ1) is 20.3. The molecule has 220 valence electrons. The van der Waals surface area contributed by atoms with Crippen LogP contribution in [0.15, 0.2) is 60.7 Å². The van der Waals surface area contributed by atoms with E-state index in [9.17, 15) is 28.8 Å². The molecule has 4 atom stereocenters. The topological polar surface area (TPSA) is 151 Å². The minimum atomic E-state index is -0.715. The Hall–Kier alpha value is -4.42. The van der Waals surface area contributed by atoms with Crippen LogP contribution in [0.3, 0.4) is 0 Å². The summed E-state index contributed by atoms with van der Waals surface area (Å²) in [6.07, 6.45) is -0.404. The van der Waals surface area contributed by atoms with Crippen LogP contribution in [0, 0.1) is 0 Å². The molecular weight excluding hydrogens is 544 g/mol. The Bertz CT molecular complexity index is 1250. The molecule has 6 rings (SSSR count). The number of para-hydroxylation sites is 2. The van der Waals surface area contributed by atoms with Crippen molar-refractivity contribution in [2.24, 2.45) is 0 Å². The number of piperidine rings is 2. The number of benzene rings is 2. The maximum atomic E-state index is 12.4. The Balaban J connectivity index is 0.000000168. The molecule has 0 bridgehead atoms. The average molecular weight is 577 g/mol. The molecule has 0 radical (unpaired) electrons. The molecule has 6 amide bonds. The van der Waals surface area contributed by atoms with Crippen LogP contribution in [0.2, 0.25) is 0 Å². The Labute approximate surface area is 242 Å². The van der Waals surface area contributed by atoms with E-state index in [1.54, 1.807) is 9.80 Å². The summed E-state index contributed by atoms with van der Waals surface area (Å²) in [5.41, 5.74) is 1.66. The molecule has 12 nitrogen and oxygen atoms in total. The Morgan fingerprint density at radius 1 is 0.524 bits per heavy atom. The monoisotopic (exact) mass is 576 g/mol. The zero-order valence-electron chi connectivity index (χ0n) is 22.9. The molecule has 4 aliphatic heterocycles. The number of imide groups is 2. The molecule has 42 heavy (non-hydrogen) atoms. The zero-order chi connectivity index (χ0) is 29.6. The van der Waals surface area contributed by atoms with Crippen LogP contribution in [-0.4, -0.2) is 72.9 Å². The van der Waals surface area contributed by atoms with Crippen molar-refractivity contribution in [3.8, 4) is 0 Å². The van der Waals surface area contributed by atoms with Crippen LogP contribution in [-0.2, 0) is 38.2 Å². The van der Waals surface area contributed by atoms with Gasteiger partial charge in [-0.3, -0.25) is 39.4 Å². The van der Waals surface area contributed by atoms with E-state index in [4.69, 9.17) is 9.47 Å². The van der Waals surface area contributed by atoms with Crippen molar-refractivity contribution in [3.05, 3.63) is 60.7 Å². The lowest BCUT2D eigenvalue weighted by Crippen LogP contribution is -2.47. The van der Waals surface area contributed by atoms with Gasteiger partial charge in [-0.2, -0.15) is 0 Å². The van der Waals surface area contributed by atoms with E-state index in [0.29, 0.717) is 38.8 Å². The molecule has 0 aliphatic carbocycles. The Kier molecular flexibility index (Phi) is 9.03. The first kappa shape index (κ1) is 29.1. The molecule has 0 saturated carbocycles. The predicted octanol–water partition coefficient (Wildman–Crippen LogP) is 1.23.